The van der Waals surface area contributed by atoms with Crippen LogP contribution in [0.15, 0.2) is 18.7 Å². The van der Waals surface area contributed by atoms with Crippen molar-refractivity contribution in [3.63, 3.8) is 0 Å². The fourth-order valence-corrected chi connectivity index (χ4v) is 0.689. The molecule has 0 radical (unpaired) electrons. The summed E-state index contributed by atoms with van der Waals surface area (Å²) in [6.07, 6.45) is 6.82. The summed E-state index contributed by atoms with van der Waals surface area (Å²) in [6.45, 7) is 3.18. The van der Waals surface area contributed by atoms with Crippen molar-refractivity contribution >= 4 is 10.1 Å². The molecule has 0 aromatic carbocycles. The van der Waals surface area contributed by atoms with E-state index in [2.05, 4.69) is 28.3 Å². The maximum absolute atomic E-state index is 9.47. The van der Waals surface area contributed by atoms with Gasteiger partial charge < -0.3 is 9.59 Å². The van der Waals surface area contributed by atoms with Crippen LogP contribution in [0.1, 0.15) is 6.92 Å². The van der Waals surface area contributed by atoms with Crippen molar-refractivity contribution in [2.75, 3.05) is 6.26 Å². The van der Waals surface area contributed by atoms with Gasteiger partial charge in [0.05, 0.1) is 19.8 Å². The lowest BCUT2D eigenvalue weighted by Crippen LogP contribution is -2.23. The van der Waals surface area contributed by atoms with Gasteiger partial charge in [-0.1, -0.05) is 0 Å². The van der Waals surface area contributed by atoms with Gasteiger partial charge in [-0.05, 0) is 6.92 Å². The van der Waals surface area contributed by atoms with Crippen LogP contribution in [-0.4, -0.2) is 19.2 Å². The maximum Gasteiger partial charge on any atom is 0.255 e. The first kappa shape index (κ1) is 13.1. The molecule has 1 aromatic rings. The van der Waals surface area contributed by atoms with Gasteiger partial charge in [0.1, 0.15) is 12.4 Å². The summed E-state index contributed by atoms with van der Waals surface area (Å²) in [6, 6.07) is 0. The smallest absolute Gasteiger partial charge is 0.255 e. The van der Waals surface area contributed by atoms with E-state index in [4.69, 9.17) is 5.26 Å². The summed E-state index contributed by atoms with van der Waals surface area (Å²) < 4.78 is 25.7. The van der Waals surface area contributed by atoms with Gasteiger partial charge in [-0.3, -0.25) is 0 Å². The zero-order valence-corrected chi connectivity index (χ0v) is 9.19. The second kappa shape index (κ2) is 5.74. The minimum atomic E-state index is -3.72. The third kappa shape index (κ3) is 6.58. The van der Waals surface area contributed by atoms with E-state index in [9.17, 15) is 8.42 Å². The maximum atomic E-state index is 9.47. The van der Waals surface area contributed by atoms with Crippen LogP contribution >= 0.6 is 0 Å². The molecule has 0 amide bonds. The molecule has 1 aromatic heterocycles. The fourth-order valence-electron chi connectivity index (χ4n) is 0.689. The summed E-state index contributed by atoms with van der Waals surface area (Å²) in [5.41, 5.74) is 0. The number of imidazole rings is 1. The van der Waals surface area contributed by atoms with Gasteiger partial charge >= 0.3 is 0 Å². The Morgan fingerprint density at radius 3 is 2.21 bits per heavy atom. The first-order chi connectivity index (χ1) is 6.39. The van der Waals surface area contributed by atoms with Crippen molar-refractivity contribution in [1.82, 2.24) is 4.57 Å². The van der Waals surface area contributed by atoms with E-state index in [-0.39, 0.29) is 0 Å². The van der Waals surface area contributed by atoms with Crippen LogP contribution in [-0.2, 0) is 28.0 Å². The lowest BCUT2D eigenvalue weighted by molar-refractivity contribution is -0.671. The molecule has 0 saturated heterocycles. The van der Waals surface area contributed by atoms with Gasteiger partial charge in [0.2, 0.25) is 6.33 Å². The third-order valence-electron chi connectivity index (χ3n) is 1.31. The van der Waals surface area contributed by atoms with Crippen LogP contribution in [0.5, 0.6) is 0 Å². The zero-order valence-electron chi connectivity index (χ0n) is 8.37. The van der Waals surface area contributed by atoms with E-state index >= 15 is 0 Å². The fraction of sp³-hybridized carbons (Fsp3) is 0.571. The Morgan fingerprint density at radius 1 is 1.57 bits per heavy atom. The van der Waals surface area contributed by atoms with Crippen molar-refractivity contribution in [3.05, 3.63) is 18.7 Å². The van der Waals surface area contributed by atoms with Gasteiger partial charge in [0, 0.05) is 0 Å². The molecule has 0 spiro atoms. The lowest BCUT2D eigenvalue weighted by atomic mass is 10.7. The Morgan fingerprint density at radius 2 is 2.07 bits per heavy atom. The van der Waals surface area contributed by atoms with Crippen molar-refractivity contribution in [2.45, 2.75) is 13.5 Å². The van der Waals surface area contributed by atoms with E-state index in [1.165, 1.54) is 0 Å². The Labute approximate surface area is 83.4 Å². The number of rotatable bonds is 2. The summed E-state index contributed by atoms with van der Waals surface area (Å²) in [5.74, 6) is 0. The van der Waals surface area contributed by atoms with Gasteiger partial charge in [0.15, 0.2) is 0 Å². The molecular formula is C7H14N2O4S. The highest BCUT2D eigenvalue weighted by atomic mass is 32.2. The Balaban J connectivity index is 0.000000255. The Kier molecular flexibility index (Phi) is 5.36. The molecule has 0 N–H and O–H groups in total. The van der Waals surface area contributed by atoms with Crippen LogP contribution in [0.3, 0.4) is 0 Å². The highest BCUT2D eigenvalue weighted by molar-refractivity contribution is 7.85. The highest BCUT2D eigenvalue weighted by Gasteiger charge is 1.92. The number of nitrogens with zero attached hydrogens (tertiary/aromatic N) is 2. The molecular weight excluding hydrogens is 208 g/mol. The quantitative estimate of drug-likeness (QED) is 0.349. The molecule has 0 aliphatic heterocycles. The molecule has 0 aliphatic carbocycles. The van der Waals surface area contributed by atoms with Crippen molar-refractivity contribution in [3.8, 4) is 0 Å². The van der Waals surface area contributed by atoms with Crippen LogP contribution in [0, 0.1) is 0 Å². The van der Waals surface area contributed by atoms with Gasteiger partial charge in [-0.2, -0.15) is 0 Å². The Hall–Kier alpha value is -0.920. The average molecular weight is 222 g/mol. The topological polar surface area (TPSA) is 75.2 Å². The molecule has 0 aliphatic rings. The molecule has 82 valence electrons. The summed E-state index contributed by atoms with van der Waals surface area (Å²) >= 11 is 0. The lowest BCUT2D eigenvalue weighted by Gasteiger charge is -1.97. The van der Waals surface area contributed by atoms with Crippen LogP contribution < -0.4 is 9.82 Å². The molecule has 0 bridgehead atoms. The Bertz CT molecular complexity index is 358. The number of aryl methyl sites for hydroxylation is 2. The zero-order chi connectivity index (χ0) is 11.2. The molecule has 0 unspecified atom stereocenters. The summed E-state index contributed by atoms with van der Waals surface area (Å²) in [5, 5.41) is 8.86. The monoisotopic (exact) mass is 222 g/mol. The second-order valence-corrected chi connectivity index (χ2v) is 4.23. The minimum absolute atomic E-state index is 0.681. The normalized spacial score (nSPS) is 10.6. The van der Waals surface area contributed by atoms with E-state index in [0.29, 0.717) is 6.26 Å². The number of aromatic nitrogens is 2. The highest BCUT2D eigenvalue weighted by Crippen LogP contribution is 1.79. The first-order valence-corrected chi connectivity index (χ1v) is 5.73. The van der Waals surface area contributed by atoms with Gasteiger partial charge in [0.25, 0.3) is 10.1 Å². The molecule has 6 nitrogen and oxygen atoms in total. The summed E-state index contributed by atoms with van der Waals surface area (Å²) in [4.78, 5) is 0. The molecule has 7 heteroatoms. The van der Waals surface area contributed by atoms with E-state index < -0.39 is 10.1 Å². The third-order valence-corrected chi connectivity index (χ3v) is 1.56. The predicted octanol–water partition coefficient (Wildman–Crippen LogP) is -1.43. The largest absolute Gasteiger partial charge is 0.707 e. The number of hydrogen-bond acceptors (Lipinski definition) is 4. The SMILES string of the molecule is CCn1cc[n+](C)c1.CS(=O)(=O)O[O-]. The van der Waals surface area contributed by atoms with Gasteiger partial charge in [-0.25, -0.2) is 17.6 Å². The van der Waals surface area contributed by atoms with Crippen LogP contribution in [0.25, 0.3) is 0 Å². The van der Waals surface area contributed by atoms with E-state index in [1.54, 1.807) is 0 Å². The second-order valence-electron chi connectivity index (χ2n) is 2.68. The van der Waals surface area contributed by atoms with E-state index in [1.807, 2.05) is 17.8 Å². The van der Waals surface area contributed by atoms with Crippen LogP contribution in [0.4, 0.5) is 0 Å². The van der Waals surface area contributed by atoms with E-state index in [0.717, 1.165) is 6.54 Å². The van der Waals surface area contributed by atoms with Crippen LogP contribution in [0.2, 0.25) is 0 Å². The molecule has 0 fully saturated rings. The summed E-state index contributed by atoms with van der Waals surface area (Å²) in [7, 11) is -1.70. The first-order valence-electron chi connectivity index (χ1n) is 3.91. The number of hydrogen-bond donors (Lipinski definition) is 0. The van der Waals surface area contributed by atoms with Crippen molar-refractivity contribution in [1.29, 1.82) is 0 Å². The van der Waals surface area contributed by atoms with Crippen molar-refractivity contribution < 1.29 is 22.6 Å². The molecule has 14 heavy (non-hydrogen) atoms. The molecule has 1 rings (SSSR count). The average Bonchev–Trinajstić information content (AvgIpc) is 2.51. The predicted molar refractivity (Wildman–Crippen MR) is 47.2 cm³/mol. The molecule has 0 atom stereocenters. The minimum Gasteiger partial charge on any atom is -0.707 e. The molecule has 0 saturated carbocycles. The van der Waals surface area contributed by atoms with Crippen molar-refractivity contribution in [2.24, 2.45) is 7.05 Å². The molecule has 1 heterocycles. The van der Waals surface area contributed by atoms with Gasteiger partial charge in [-0.15, -0.1) is 0 Å². The standard InChI is InChI=1S/C6H11N2.CH4O4S/c1-3-8-5-4-7(2)6-8;1-6(3,4)5-2/h4-6H,3H2,1-2H3;2H,1H3/q+1;/p-1.